The standard InChI is InChI=1S/C11H12F3N5O2S/c12-11(13,14)3-6-22(20,21)16-7-9-8-19(18-17-9)10-1-4-15-5-2-10/h1-2,4-5,8,16H,3,6-7H2. The molecule has 0 saturated heterocycles. The quantitative estimate of drug-likeness (QED) is 0.852. The van der Waals surface area contributed by atoms with E-state index in [0.29, 0.717) is 5.69 Å². The van der Waals surface area contributed by atoms with Gasteiger partial charge in [-0.2, -0.15) is 13.2 Å². The third kappa shape index (κ3) is 5.07. The summed E-state index contributed by atoms with van der Waals surface area (Å²) in [6, 6.07) is 3.35. The molecule has 1 N–H and O–H groups in total. The second-order valence-electron chi connectivity index (χ2n) is 4.37. The van der Waals surface area contributed by atoms with Crippen molar-refractivity contribution in [2.75, 3.05) is 5.75 Å². The monoisotopic (exact) mass is 335 g/mol. The van der Waals surface area contributed by atoms with Crippen molar-refractivity contribution in [2.45, 2.75) is 19.1 Å². The van der Waals surface area contributed by atoms with Crippen LogP contribution in [0.2, 0.25) is 0 Å². The zero-order valence-electron chi connectivity index (χ0n) is 11.2. The molecule has 2 heterocycles. The molecule has 0 aromatic carbocycles. The molecule has 0 bridgehead atoms. The summed E-state index contributed by atoms with van der Waals surface area (Å²) in [6.45, 7) is -0.231. The Balaban J connectivity index is 1.94. The van der Waals surface area contributed by atoms with Gasteiger partial charge in [-0.1, -0.05) is 5.21 Å². The summed E-state index contributed by atoms with van der Waals surface area (Å²) in [4.78, 5) is 3.84. The third-order valence-electron chi connectivity index (χ3n) is 2.60. The zero-order valence-corrected chi connectivity index (χ0v) is 12.0. The molecule has 2 rings (SSSR count). The summed E-state index contributed by atoms with van der Waals surface area (Å²) < 4.78 is 62.4. The van der Waals surface area contributed by atoms with Gasteiger partial charge in [0.1, 0.15) is 0 Å². The number of alkyl halides is 3. The van der Waals surface area contributed by atoms with Gasteiger partial charge in [0.05, 0.1) is 36.3 Å². The van der Waals surface area contributed by atoms with E-state index in [4.69, 9.17) is 0 Å². The van der Waals surface area contributed by atoms with Crippen LogP contribution in [0.1, 0.15) is 12.1 Å². The summed E-state index contributed by atoms with van der Waals surface area (Å²) in [5.74, 6) is -1.02. The Bertz CT molecular complexity index is 715. The highest BCUT2D eigenvalue weighted by molar-refractivity contribution is 7.89. The number of hydrogen-bond donors (Lipinski definition) is 1. The van der Waals surface area contributed by atoms with Gasteiger partial charge in [-0.15, -0.1) is 5.10 Å². The molecule has 2 aromatic heterocycles. The smallest absolute Gasteiger partial charge is 0.265 e. The van der Waals surface area contributed by atoms with Crippen molar-refractivity contribution in [1.29, 1.82) is 0 Å². The molecule has 0 unspecified atom stereocenters. The highest BCUT2D eigenvalue weighted by Gasteiger charge is 2.29. The van der Waals surface area contributed by atoms with Crippen molar-refractivity contribution in [1.82, 2.24) is 24.7 Å². The van der Waals surface area contributed by atoms with Crippen molar-refractivity contribution in [3.63, 3.8) is 0 Å². The Morgan fingerprint density at radius 3 is 2.55 bits per heavy atom. The maximum Gasteiger partial charge on any atom is 0.390 e. The Morgan fingerprint density at radius 1 is 1.23 bits per heavy atom. The van der Waals surface area contributed by atoms with Crippen molar-refractivity contribution in [2.24, 2.45) is 0 Å². The van der Waals surface area contributed by atoms with Gasteiger partial charge < -0.3 is 0 Å². The van der Waals surface area contributed by atoms with E-state index >= 15 is 0 Å². The molecule has 120 valence electrons. The highest BCUT2D eigenvalue weighted by Crippen LogP contribution is 2.19. The highest BCUT2D eigenvalue weighted by atomic mass is 32.2. The van der Waals surface area contributed by atoms with Crippen LogP contribution in [0, 0.1) is 0 Å². The van der Waals surface area contributed by atoms with Crippen molar-refractivity contribution < 1.29 is 21.6 Å². The van der Waals surface area contributed by atoms with Gasteiger partial charge >= 0.3 is 6.18 Å². The lowest BCUT2D eigenvalue weighted by Gasteiger charge is -2.07. The van der Waals surface area contributed by atoms with Crippen LogP contribution >= 0.6 is 0 Å². The molecule has 7 nitrogen and oxygen atoms in total. The van der Waals surface area contributed by atoms with E-state index in [9.17, 15) is 21.6 Å². The second-order valence-corrected chi connectivity index (χ2v) is 6.29. The molecule has 0 saturated carbocycles. The van der Waals surface area contributed by atoms with E-state index in [1.165, 1.54) is 10.9 Å². The van der Waals surface area contributed by atoms with Gasteiger partial charge in [-0.3, -0.25) is 4.98 Å². The SMILES string of the molecule is O=S(=O)(CCC(F)(F)F)NCc1cn(-c2ccncc2)nn1. The average Bonchev–Trinajstić information content (AvgIpc) is 2.93. The Hall–Kier alpha value is -2.01. The van der Waals surface area contributed by atoms with E-state index in [0.717, 1.165) is 0 Å². The van der Waals surface area contributed by atoms with E-state index in [2.05, 4.69) is 20.0 Å². The summed E-state index contributed by atoms with van der Waals surface area (Å²) in [5.41, 5.74) is 0.959. The first kappa shape index (κ1) is 16.4. The Labute approximate surface area is 124 Å². The number of halogens is 3. The van der Waals surface area contributed by atoms with Gasteiger partial charge in [0, 0.05) is 12.4 Å². The summed E-state index contributed by atoms with van der Waals surface area (Å²) in [6.07, 6.45) is -1.33. The first-order chi connectivity index (χ1) is 10.3. The van der Waals surface area contributed by atoms with Gasteiger partial charge in [0.25, 0.3) is 0 Å². The maximum absolute atomic E-state index is 12.0. The molecule has 0 aliphatic heterocycles. The molecule has 0 fully saturated rings. The minimum atomic E-state index is -4.51. The van der Waals surface area contributed by atoms with E-state index in [1.807, 2.05) is 0 Å². The molecule has 0 amide bonds. The predicted molar refractivity (Wildman–Crippen MR) is 70.5 cm³/mol. The second kappa shape index (κ2) is 6.40. The fourth-order valence-electron chi connectivity index (χ4n) is 1.51. The predicted octanol–water partition coefficient (Wildman–Crippen LogP) is 1.03. The topological polar surface area (TPSA) is 89.8 Å². The summed E-state index contributed by atoms with van der Waals surface area (Å²) >= 11 is 0. The average molecular weight is 335 g/mol. The molecule has 0 spiro atoms. The van der Waals surface area contributed by atoms with Crippen LogP contribution in [0.4, 0.5) is 13.2 Å². The van der Waals surface area contributed by atoms with Crippen LogP contribution in [-0.4, -0.2) is 40.3 Å². The number of rotatable bonds is 6. The normalized spacial score (nSPS) is 12.5. The van der Waals surface area contributed by atoms with Gasteiger partial charge in [-0.25, -0.2) is 17.8 Å². The molecule has 22 heavy (non-hydrogen) atoms. The van der Waals surface area contributed by atoms with Crippen LogP contribution in [0.15, 0.2) is 30.7 Å². The van der Waals surface area contributed by atoms with Crippen molar-refractivity contribution >= 4 is 10.0 Å². The van der Waals surface area contributed by atoms with Gasteiger partial charge in [-0.05, 0) is 12.1 Å². The van der Waals surface area contributed by atoms with Gasteiger partial charge in [0.15, 0.2) is 0 Å². The number of nitrogens with one attached hydrogen (secondary N) is 1. The van der Waals surface area contributed by atoms with E-state index < -0.39 is 28.4 Å². The molecular weight excluding hydrogens is 323 g/mol. The van der Waals surface area contributed by atoms with E-state index in [1.54, 1.807) is 24.5 Å². The fraction of sp³-hybridized carbons (Fsp3) is 0.364. The lowest BCUT2D eigenvalue weighted by Crippen LogP contribution is -2.28. The first-order valence-electron chi connectivity index (χ1n) is 6.11. The third-order valence-corrected chi connectivity index (χ3v) is 3.92. The Morgan fingerprint density at radius 2 is 1.91 bits per heavy atom. The largest absolute Gasteiger partial charge is 0.390 e. The zero-order chi connectivity index (χ0) is 16.2. The van der Waals surface area contributed by atoms with Gasteiger partial charge in [0.2, 0.25) is 10.0 Å². The first-order valence-corrected chi connectivity index (χ1v) is 7.76. The van der Waals surface area contributed by atoms with Crippen LogP contribution < -0.4 is 4.72 Å². The van der Waals surface area contributed by atoms with Crippen LogP contribution in [0.25, 0.3) is 5.69 Å². The van der Waals surface area contributed by atoms with Crippen molar-refractivity contribution in [3.05, 3.63) is 36.4 Å². The Kier molecular flexibility index (Phi) is 4.76. The fourth-order valence-corrected chi connectivity index (χ4v) is 2.52. The summed E-state index contributed by atoms with van der Waals surface area (Å²) in [5, 5.41) is 7.54. The van der Waals surface area contributed by atoms with Crippen LogP contribution in [-0.2, 0) is 16.6 Å². The molecule has 0 aliphatic carbocycles. The lowest BCUT2D eigenvalue weighted by atomic mass is 10.4. The minimum Gasteiger partial charge on any atom is -0.265 e. The summed E-state index contributed by atoms with van der Waals surface area (Å²) in [7, 11) is -4.03. The number of aromatic nitrogens is 4. The van der Waals surface area contributed by atoms with Crippen molar-refractivity contribution in [3.8, 4) is 5.69 Å². The molecule has 0 radical (unpaired) electrons. The number of pyridine rings is 1. The molecule has 11 heteroatoms. The molecule has 2 aromatic rings. The maximum atomic E-state index is 12.0. The molecule has 0 atom stereocenters. The number of hydrogen-bond acceptors (Lipinski definition) is 5. The molecule has 0 aliphatic rings. The minimum absolute atomic E-state index is 0.231. The number of sulfonamides is 1. The van der Waals surface area contributed by atoms with Crippen LogP contribution in [0.3, 0.4) is 0 Å². The lowest BCUT2D eigenvalue weighted by molar-refractivity contribution is -0.129. The number of nitrogens with zero attached hydrogens (tertiary/aromatic N) is 4. The van der Waals surface area contributed by atoms with Crippen LogP contribution in [0.5, 0.6) is 0 Å². The van der Waals surface area contributed by atoms with E-state index in [-0.39, 0.29) is 12.2 Å². The molecular formula is C11H12F3N5O2S.